The Morgan fingerprint density at radius 1 is 1.11 bits per heavy atom. The number of hydrogen-bond acceptors (Lipinski definition) is 4. The molecule has 3 fully saturated rings. The Hall–Kier alpha value is -2.38. The summed E-state index contributed by atoms with van der Waals surface area (Å²) in [5.74, 6) is 0.649. The first kappa shape index (κ1) is 19.0. The third-order valence-corrected chi connectivity index (χ3v) is 6.32. The topological polar surface area (TPSA) is 87.5 Å². The van der Waals surface area contributed by atoms with Gasteiger partial charge in [0, 0.05) is 32.1 Å². The van der Waals surface area contributed by atoms with E-state index in [1.165, 1.54) is 0 Å². The van der Waals surface area contributed by atoms with Gasteiger partial charge in [-0.2, -0.15) is 5.10 Å². The van der Waals surface area contributed by atoms with E-state index in [-0.39, 0.29) is 23.6 Å². The maximum Gasteiger partial charge on any atom is 0.250 e. The van der Waals surface area contributed by atoms with Gasteiger partial charge in [0.25, 0.3) is 5.91 Å². The second-order valence-electron chi connectivity index (χ2n) is 8.28. The van der Waals surface area contributed by atoms with Crippen molar-refractivity contribution >= 4 is 23.5 Å². The minimum atomic E-state index is -0.535. The number of hydrogen-bond donors (Lipinski definition) is 1. The molecule has 8 heteroatoms. The molecule has 0 aromatic carbocycles. The molecule has 2 saturated heterocycles. The molecule has 2 atom stereocenters. The second kappa shape index (κ2) is 7.56. The van der Waals surface area contributed by atoms with Crippen molar-refractivity contribution in [1.82, 2.24) is 20.0 Å². The minimum Gasteiger partial charge on any atom is -0.342 e. The number of aryl methyl sites for hydroxylation is 2. The van der Waals surface area contributed by atoms with Crippen LogP contribution in [0.25, 0.3) is 0 Å². The third kappa shape index (κ3) is 3.40. The molecule has 28 heavy (non-hydrogen) atoms. The Labute approximate surface area is 165 Å². The van der Waals surface area contributed by atoms with Crippen LogP contribution in [-0.2, 0) is 21.4 Å². The summed E-state index contributed by atoms with van der Waals surface area (Å²) in [7, 11) is 1.81. The van der Waals surface area contributed by atoms with Gasteiger partial charge in [-0.1, -0.05) is 12.8 Å². The zero-order valence-corrected chi connectivity index (χ0v) is 16.7. The molecule has 152 valence electrons. The van der Waals surface area contributed by atoms with Crippen LogP contribution in [0.15, 0.2) is 6.07 Å². The first-order valence-electron chi connectivity index (χ1n) is 10.4. The lowest BCUT2D eigenvalue weighted by Crippen LogP contribution is -2.51. The average molecular weight is 387 g/mol. The molecule has 0 spiro atoms. The molecule has 8 nitrogen and oxygen atoms in total. The lowest BCUT2D eigenvalue weighted by Gasteiger charge is -2.27. The van der Waals surface area contributed by atoms with Crippen LogP contribution < -0.4 is 10.2 Å². The molecular formula is C20H29N5O3. The number of rotatable bonds is 4. The smallest absolute Gasteiger partial charge is 0.250 e. The van der Waals surface area contributed by atoms with Crippen LogP contribution in [-0.4, -0.2) is 57.6 Å². The fourth-order valence-corrected chi connectivity index (χ4v) is 4.87. The van der Waals surface area contributed by atoms with Crippen LogP contribution in [0.3, 0.4) is 0 Å². The lowest BCUT2D eigenvalue weighted by atomic mass is 10.1. The van der Waals surface area contributed by atoms with Gasteiger partial charge in [-0.05, 0) is 39.0 Å². The standard InChI is InChI=1S/C20H29N5O3/c1-13-12-17(23(2)22-13)25-11-9-15(20(25)28)21-18(26)16-8-5-10-24(16)19(27)14-6-3-4-7-14/h12,14-16H,3-11H2,1-2H3,(H,21,26). The van der Waals surface area contributed by atoms with E-state index in [1.54, 1.807) is 14.5 Å². The van der Waals surface area contributed by atoms with E-state index < -0.39 is 12.1 Å². The number of carbonyl (C=O) groups is 3. The Bertz CT molecular complexity index is 783. The number of likely N-dealkylation sites (tertiary alicyclic amines) is 1. The maximum absolute atomic E-state index is 12.9. The highest BCUT2D eigenvalue weighted by atomic mass is 16.2. The molecule has 1 N–H and O–H groups in total. The molecule has 3 amide bonds. The van der Waals surface area contributed by atoms with Gasteiger partial charge in [0.15, 0.2) is 0 Å². The van der Waals surface area contributed by atoms with Crippen molar-refractivity contribution in [1.29, 1.82) is 0 Å². The largest absolute Gasteiger partial charge is 0.342 e. The predicted octanol–water partition coefficient (Wildman–Crippen LogP) is 1.13. The maximum atomic E-state index is 12.9. The summed E-state index contributed by atoms with van der Waals surface area (Å²) in [5, 5.41) is 7.22. The summed E-state index contributed by atoms with van der Waals surface area (Å²) < 4.78 is 1.69. The van der Waals surface area contributed by atoms with Crippen LogP contribution in [0.2, 0.25) is 0 Å². The van der Waals surface area contributed by atoms with Crippen LogP contribution >= 0.6 is 0 Å². The Kier molecular flexibility index (Phi) is 5.12. The number of nitrogens with zero attached hydrogens (tertiary/aromatic N) is 4. The van der Waals surface area contributed by atoms with Gasteiger partial charge in [0.2, 0.25) is 11.8 Å². The van der Waals surface area contributed by atoms with Crippen LogP contribution in [0.4, 0.5) is 5.82 Å². The van der Waals surface area contributed by atoms with Gasteiger partial charge in [0.05, 0.1) is 5.69 Å². The number of carbonyl (C=O) groups excluding carboxylic acids is 3. The Morgan fingerprint density at radius 2 is 1.86 bits per heavy atom. The summed E-state index contributed by atoms with van der Waals surface area (Å²) in [6, 6.07) is 0.904. The van der Waals surface area contributed by atoms with E-state index in [2.05, 4.69) is 10.4 Å². The summed E-state index contributed by atoms with van der Waals surface area (Å²) in [5.41, 5.74) is 0.852. The monoisotopic (exact) mass is 387 g/mol. The van der Waals surface area contributed by atoms with E-state index >= 15 is 0 Å². The fraction of sp³-hybridized carbons (Fsp3) is 0.700. The number of aromatic nitrogens is 2. The van der Waals surface area contributed by atoms with Gasteiger partial charge in [-0.25, -0.2) is 0 Å². The lowest BCUT2D eigenvalue weighted by molar-refractivity contribution is -0.142. The van der Waals surface area contributed by atoms with Crippen molar-refractivity contribution in [2.24, 2.45) is 13.0 Å². The molecule has 3 heterocycles. The second-order valence-corrected chi connectivity index (χ2v) is 8.28. The van der Waals surface area contributed by atoms with Crippen molar-refractivity contribution in [2.45, 2.75) is 64.0 Å². The van der Waals surface area contributed by atoms with Gasteiger partial charge in [-0.15, -0.1) is 0 Å². The quantitative estimate of drug-likeness (QED) is 0.839. The molecule has 3 aliphatic rings. The molecular weight excluding hydrogens is 358 g/mol. The number of anilines is 1. The average Bonchev–Trinajstić information content (AvgIpc) is 3.44. The highest BCUT2D eigenvalue weighted by Gasteiger charge is 2.41. The van der Waals surface area contributed by atoms with Gasteiger partial charge in [0.1, 0.15) is 17.9 Å². The molecule has 1 saturated carbocycles. The molecule has 1 aromatic rings. The molecule has 2 unspecified atom stereocenters. The van der Waals surface area contributed by atoms with Gasteiger partial charge >= 0.3 is 0 Å². The fourth-order valence-electron chi connectivity index (χ4n) is 4.87. The molecule has 0 bridgehead atoms. The van der Waals surface area contributed by atoms with Crippen LogP contribution in [0.5, 0.6) is 0 Å². The Balaban J connectivity index is 1.40. The first-order valence-corrected chi connectivity index (χ1v) is 10.4. The summed E-state index contributed by atoms with van der Waals surface area (Å²) in [6.45, 7) is 3.09. The zero-order valence-electron chi connectivity index (χ0n) is 16.7. The van der Waals surface area contributed by atoms with E-state index in [0.717, 1.165) is 43.6 Å². The normalized spacial score (nSPS) is 25.7. The molecule has 1 aliphatic carbocycles. The van der Waals surface area contributed by atoms with E-state index in [4.69, 9.17) is 0 Å². The third-order valence-electron chi connectivity index (χ3n) is 6.32. The minimum absolute atomic E-state index is 0.0742. The first-order chi connectivity index (χ1) is 13.5. The van der Waals surface area contributed by atoms with Crippen LogP contribution in [0.1, 0.15) is 50.6 Å². The van der Waals surface area contributed by atoms with Crippen molar-refractivity contribution in [2.75, 3.05) is 18.0 Å². The van der Waals surface area contributed by atoms with Gasteiger partial charge in [-0.3, -0.25) is 24.0 Å². The summed E-state index contributed by atoms with van der Waals surface area (Å²) in [6.07, 6.45) is 6.15. The summed E-state index contributed by atoms with van der Waals surface area (Å²) >= 11 is 0. The molecule has 2 aliphatic heterocycles. The number of nitrogens with one attached hydrogen (secondary N) is 1. The van der Waals surface area contributed by atoms with E-state index in [1.807, 2.05) is 20.0 Å². The van der Waals surface area contributed by atoms with Gasteiger partial charge < -0.3 is 10.2 Å². The molecule has 1 aromatic heterocycles. The van der Waals surface area contributed by atoms with E-state index in [9.17, 15) is 14.4 Å². The SMILES string of the molecule is Cc1cc(N2CCC(NC(=O)C3CCCN3C(=O)C3CCCC3)C2=O)n(C)n1. The van der Waals surface area contributed by atoms with E-state index in [0.29, 0.717) is 25.9 Å². The van der Waals surface area contributed by atoms with Crippen molar-refractivity contribution in [3.05, 3.63) is 11.8 Å². The number of amides is 3. The Morgan fingerprint density at radius 3 is 2.54 bits per heavy atom. The highest BCUT2D eigenvalue weighted by Crippen LogP contribution is 2.30. The van der Waals surface area contributed by atoms with Crippen molar-refractivity contribution < 1.29 is 14.4 Å². The van der Waals surface area contributed by atoms with Crippen molar-refractivity contribution in [3.8, 4) is 0 Å². The molecule has 4 rings (SSSR count). The summed E-state index contributed by atoms with van der Waals surface area (Å²) in [4.78, 5) is 42.0. The van der Waals surface area contributed by atoms with Crippen molar-refractivity contribution in [3.63, 3.8) is 0 Å². The predicted molar refractivity (Wildman–Crippen MR) is 104 cm³/mol. The highest BCUT2D eigenvalue weighted by molar-refractivity contribution is 6.01. The van der Waals surface area contributed by atoms with Crippen LogP contribution in [0, 0.1) is 12.8 Å². The molecule has 0 radical (unpaired) electrons. The zero-order chi connectivity index (χ0) is 19.8.